The van der Waals surface area contributed by atoms with Crippen LogP contribution in [0.3, 0.4) is 0 Å². The van der Waals surface area contributed by atoms with Crippen LogP contribution in [0.1, 0.15) is 57.9 Å². The van der Waals surface area contributed by atoms with E-state index in [1.807, 2.05) is 6.92 Å². The van der Waals surface area contributed by atoms with Crippen molar-refractivity contribution in [3.63, 3.8) is 0 Å². The third-order valence-corrected chi connectivity index (χ3v) is 4.24. The van der Waals surface area contributed by atoms with E-state index in [0.29, 0.717) is 12.3 Å². The number of hydrogen-bond donors (Lipinski definition) is 1. The molecule has 0 saturated carbocycles. The van der Waals surface area contributed by atoms with E-state index in [-0.39, 0.29) is 23.6 Å². The molecule has 1 atom stereocenters. The van der Waals surface area contributed by atoms with Crippen molar-refractivity contribution < 1.29 is 22.3 Å². The van der Waals surface area contributed by atoms with E-state index in [1.165, 1.54) is 24.4 Å². The van der Waals surface area contributed by atoms with Gasteiger partial charge in [0.1, 0.15) is 23.7 Å². The highest BCUT2D eigenvalue weighted by atomic mass is 19.3. The van der Waals surface area contributed by atoms with Gasteiger partial charge in [-0.1, -0.05) is 13.8 Å². The Morgan fingerprint density at radius 2 is 1.82 bits per heavy atom. The van der Waals surface area contributed by atoms with E-state index in [4.69, 9.17) is 10.5 Å². The van der Waals surface area contributed by atoms with Crippen molar-refractivity contribution in [3.8, 4) is 17.0 Å². The quantitative estimate of drug-likeness (QED) is 0.562. The molecule has 0 amide bonds. The molecule has 0 aromatic carbocycles. The molecule has 0 fully saturated rings. The fourth-order valence-corrected chi connectivity index (χ4v) is 2.56. The summed E-state index contributed by atoms with van der Waals surface area (Å²) in [6, 6.07) is 5.39. The van der Waals surface area contributed by atoms with Crippen LogP contribution in [0.5, 0.6) is 5.75 Å². The summed E-state index contributed by atoms with van der Waals surface area (Å²) in [7, 11) is 0. The zero-order valence-electron chi connectivity index (χ0n) is 16.1. The number of nitrogens with two attached hydrogens (primary N) is 1. The number of ether oxygens (including phenoxy) is 1. The minimum atomic E-state index is -2.88. The number of hydrogen-bond acceptors (Lipinski definition) is 4. The summed E-state index contributed by atoms with van der Waals surface area (Å²) in [5.74, 6) is 0.405. The van der Waals surface area contributed by atoms with Crippen LogP contribution in [-0.2, 0) is 0 Å². The number of nitrogens with zero attached hydrogens (tertiary/aromatic N) is 2. The fourth-order valence-electron chi connectivity index (χ4n) is 2.56. The Labute approximate surface area is 162 Å². The molecule has 4 nitrogen and oxygen atoms in total. The van der Waals surface area contributed by atoms with E-state index in [2.05, 4.69) is 23.8 Å². The molecule has 2 aromatic rings. The molecule has 0 aliphatic carbocycles. The maximum atomic E-state index is 13.5. The summed E-state index contributed by atoms with van der Waals surface area (Å²) < 4.78 is 58.2. The van der Waals surface area contributed by atoms with Crippen LogP contribution in [-0.4, -0.2) is 22.1 Å². The molecule has 8 heteroatoms. The molecule has 0 radical (unpaired) electrons. The first-order chi connectivity index (χ1) is 13.1. The summed E-state index contributed by atoms with van der Waals surface area (Å²) >= 11 is 0. The number of aromatic nitrogens is 2. The Kier molecular flexibility index (Phi) is 7.35. The van der Waals surface area contributed by atoms with E-state index in [1.54, 1.807) is 0 Å². The summed E-state index contributed by atoms with van der Waals surface area (Å²) in [5.41, 5.74) is 4.95. The number of pyridine rings is 2. The largest absolute Gasteiger partial charge is 0.490 e. The molecule has 2 N–H and O–H groups in total. The third-order valence-electron chi connectivity index (χ3n) is 4.24. The van der Waals surface area contributed by atoms with E-state index >= 15 is 0 Å². The topological polar surface area (TPSA) is 61.0 Å². The van der Waals surface area contributed by atoms with E-state index < -0.39 is 29.8 Å². The van der Waals surface area contributed by atoms with Crippen molar-refractivity contribution in [2.45, 2.75) is 52.0 Å². The van der Waals surface area contributed by atoms with Crippen LogP contribution in [0.15, 0.2) is 30.5 Å². The lowest BCUT2D eigenvalue weighted by atomic mass is 9.94. The highest BCUT2D eigenvalue weighted by Gasteiger charge is 2.23. The Balaban J connectivity index is 2.22. The lowest BCUT2D eigenvalue weighted by Gasteiger charge is -2.26. The fraction of sp³-hybridized carbons (Fsp3) is 0.500. The van der Waals surface area contributed by atoms with E-state index in [0.717, 1.165) is 12.5 Å². The van der Waals surface area contributed by atoms with Gasteiger partial charge in [0.2, 0.25) is 0 Å². The summed E-state index contributed by atoms with van der Waals surface area (Å²) in [4.78, 5) is 7.49. The number of alkyl halides is 4. The van der Waals surface area contributed by atoms with Crippen molar-refractivity contribution in [1.82, 2.24) is 9.97 Å². The molecule has 154 valence electrons. The smallest absolute Gasteiger partial charge is 0.284 e. The van der Waals surface area contributed by atoms with Crippen molar-refractivity contribution in [3.05, 3.63) is 41.9 Å². The van der Waals surface area contributed by atoms with Gasteiger partial charge in [0, 0.05) is 17.3 Å². The standard InChI is InChI=1S/C20H25F4N3O/c1-12(2)6-8-20(3,25)11-28-16-5-4-14(27-17(16)19(23)24)13-7-9-26-15(10-13)18(21)22/h4-5,7,9-10,12,18-19H,6,8,11,25H2,1-3H3/t20-/m0/s1. The van der Waals surface area contributed by atoms with Crippen molar-refractivity contribution in [1.29, 1.82) is 0 Å². The van der Waals surface area contributed by atoms with Crippen LogP contribution in [0, 0.1) is 5.92 Å². The minimum Gasteiger partial charge on any atom is -0.490 e. The van der Waals surface area contributed by atoms with Gasteiger partial charge < -0.3 is 10.5 Å². The zero-order chi connectivity index (χ0) is 20.9. The van der Waals surface area contributed by atoms with Gasteiger partial charge in [0.25, 0.3) is 12.9 Å². The second-order valence-corrected chi connectivity index (χ2v) is 7.53. The average molecular weight is 399 g/mol. The molecule has 0 saturated heterocycles. The monoisotopic (exact) mass is 399 g/mol. The summed E-state index contributed by atoms with van der Waals surface area (Å²) in [6.07, 6.45) is -2.87. The van der Waals surface area contributed by atoms with Gasteiger partial charge in [-0.25, -0.2) is 22.5 Å². The average Bonchev–Trinajstić information content (AvgIpc) is 2.65. The molecule has 0 unspecified atom stereocenters. The van der Waals surface area contributed by atoms with Gasteiger partial charge in [-0.2, -0.15) is 0 Å². The van der Waals surface area contributed by atoms with Crippen molar-refractivity contribution in [2.24, 2.45) is 11.7 Å². The minimum absolute atomic E-state index is 0.0608. The van der Waals surface area contributed by atoms with Gasteiger partial charge in [-0.3, -0.25) is 4.98 Å². The second kappa shape index (κ2) is 9.32. The van der Waals surface area contributed by atoms with Crippen LogP contribution in [0.25, 0.3) is 11.3 Å². The van der Waals surface area contributed by atoms with Gasteiger partial charge in [-0.05, 0) is 49.9 Å². The van der Waals surface area contributed by atoms with Crippen molar-refractivity contribution >= 4 is 0 Å². The normalized spacial score (nSPS) is 14.0. The van der Waals surface area contributed by atoms with Gasteiger partial charge in [0.05, 0.1) is 5.69 Å². The molecule has 2 rings (SSSR count). The van der Waals surface area contributed by atoms with Crippen LogP contribution in [0.4, 0.5) is 17.6 Å². The Morgan fingerprint density at radius 3 is 2.43 bits per heavy atom. The van der Waals surface area contributed by atoms with Crippen molar-refractivity contribution in [2.75, 3.05) is 6.61 Å². The van der Waals surface area contributed by atoms with Gasteiger partial charge >= 0.3 is 0 Å². The number of rotatable bonds is 9. The predicted molar refractivity (Wildman–Crippen MR) is 99.5 cm³/mol. The highest BCUT2D eigenvalue weighted by Crippen LogP contribution is 2.32. The molecule has 2 aromatic heterocycles. The summed E-state index contributed by atoms with van der Waals surface area (Å²) in [6.45, 7) is 6.02. The van der Waals surface area contributed by atoms with E-state index in [9.17, 15) is 17.6 Å². The molecule has 0 aliphatic heterocycles. The molecule has 2 heterocycles. The first-order valence-electron chi connectivity index (χ1n) is 9.04. The Bertz CT molecular complexity index is 782. The Hall–Kier alpha value is -2.22. The SMILES string of the molecule is CC(C)CC[C@](C)(N)COc1ccc(-c2ccnc(C(F)F)c2)nc1C(F)F. The highest BCUT2D eigenvalue weighted by molar-refractivity contribution is 5.60. The molecule has 0 bridgehead atoms. The molecular formula is C20H25F4N3O. The lowest BCUT2D eigenvalue weighted by molar-refractivity contribution is 0.135. The molecular weight excluding hydrogens is 374 g/mol. The first-order valence-corrected chi connectivity index (χ1v) is 9.04. The maximum Gasteiger partial charge on any atom is 0.284 e. The van der Waals surface area contributed by atoms with Gasteiger partial charge in [-0.15, -0.1) is 0 Å². The van der Waals surface area contributed by atoms with Crippen LogP contribution >= 0.6 is 0 Å². The predicted octanol–water partition coefficient (Wildman–Crippen LogP) is 5.55. The third kappa shape index (κ3) is 6.15. The number of halogens is 4. The molecule has 0 aliphatic rings. The molecule has 28 heavy (non-hydrogen) atoms. The zero-order valence-corrected chi connectivity index (χ0v) is 16.1. The summed E-state index contributed by atoms with van der Waals surface area (Å²) in [5, 5.41) is 0. The van der Waals surface area contributed by atoms with Crippen LogP contribution < -0.4 is 10.5 Å². The molecule has 0 spiro atoms. The second-order valence-electron chi connectivity index (χ2n) is 7.53. The first kappa shape index (κ1) is 22.1. The van der Waals surface area contributed by atoms with Gasteiger partial charge in [0.15, 0.2) is 0 Å². The maximum absolute atomic E-state index is 13.5. The lowest BCUT2D eigenvalue weighted by Crippen LogP contribution is -2.42. The van der Waals surface area contributed by atoms with Crippen LogP contribution in [0.2, 0.25) is 0 Å². The Morgan fingerprint density at radius 1 is 1.11 bits per heavy atom.